The number of hydrogen-bond donors (Lipinski definition) is 1. The average Bonchev–Trinajstić information content (AvgIpc) is 3.16. The molecule has 3 atom stereocenters. The maximum Gasteiger partial charge on any atom is 0.226 e. The third-order valence-corrected chi connectivity index (χ3v) is 5.94. The minimum absolute atomic E-state index is 0.0427. The van der Waals surface area contributed by atoms with Crippen LogP contribution in [0.2, 0.25) is 0 Å². The van der Waals surface area contributed by atoms with Crippen molar-refractivity contribution in [2.75, 3.05) is 11.9 Å². The highest BCUT2D eigenvalue weighted by atomic mass is 16.2. The van der Waals surface area contributed by atoms with Crippen LogP contribution in [0.25, 0.3) is 0 Å². The van der Waals surface area contributed by atoms with E-state index in [-0.39, 0.29) is 11.8 Å². The molecule has 1 N–H and O–H groups in total. The molecular weight excluding hydrogens is 288 g/mol. The highest BCUT2D eigenvalue weighted by Gasteiger charge is 2.44. The predicted molar refractivity (Wildman–Crippen MR) is 88.8 cm³/mol. The van der Waals surface area contributed by atoms with Crippen molar-refractivity contribution in [3.63, 3.8) is 0 Å². The van der Waals surface area contributed by atoms with Crippen molar-refractivity contribution >= 4 is 17.5 Å². The van der Waals surface area contributed by atoms with Gasteiger partial charge in [0.05, 0.1) is 0 Å². The van der Waals surface area contributed by atoms with Gasteiger partial charge in [0.15, 0.2) is 0 Å². The first-order valence-corrected chi connectivity index (χ1v) is 8.79. The van der Waals surface area contributed by atoms with Crippen LogP contribution in [-0.4, -0.2) is 23.3 Å². The van der Waals surface area contributed by atoms with Gasteiger partial charge in [0, 0.05) is 31.6 Å². The molecule has 2 aliphatic carbocycles. The van der Waals surface area contributed by atoms with Crippen molar-refractivity contribution in [1.29, 1.82) is 0 Å². The fourth-order valence-electron chi connectivity index (χ4n) is 4.89. The van der Waals surface area contributed by atoms with E-state index < -0.39 is 0 Å². The summed E-state index contributed by atoms with van der Waals surface area (Å²) in [5.74, 6) is 2.04. The third-order valence-electron chi connectivity index (χ3n) is 5.94. The van der Waals surface area contributed by atoms with E-state index in [0.717, 1.165) is 31.0 Å². The number of anilines is 1. The summed E-state index contributed by atoms with van der Waals surface area (Å²) in [6, 6.07) is 6.00. The van der Waals surface area contributed by atoms with E-state index in [2.05, 4.69) is 11.4 Å². The average molecular weight is 312 g/mol. The number of carbonyl (C=O) groups excluding carboxylic acids is 2. The highest BCUT2D eigenvalue weighted by molar-refractivity contribution is 5.90. The lowest BCUT2D eigenvalue weighted by Crippen LogP contribution is -2.41. The van der Waals surface area contributed by atoms with Crippen molar-refractivity contribution in [2.45, 2.75) is 45.6 Å². The topological polar surface area (TPSA) is 49.4 Å². The minimum atomic E-state index is -0.0427. The summed E-state index contributed by atoms with van der Waals surface area (Å²) in [7, 11) is 0. The lowest BCUT2D eigenvalue weighted by atomic mass is 9.87. The number of nitrogens with zero attached hydrogens (tertiary/aromatic N) is 1. The van der Waals surface area contributed by atoms with Crippen LogP contribution in [0, 0.1) is 17.8 Å². The summed E-state index contributed by atoms with van der Waals surface area (Å²) in [6.07, 6.45) is 5.79. The standard InChI is InChI=1S/C19H24N2O2/c1-12(22)20-18-4-2-3-15-11-21(8-7-16(15)18)19(23)17-10-13-5-6-14(17)9-13/h2-4,13-14,17H,5-11H2,1H3,(H,20,22)/t13-,14-,17+/m0/s1. The summed E-state index contributed by atoms with van der Waals surface area (Å²) < 4.78 is 0. The van der Waals surface area contributed by atoms with Gasteiger partial charge in [-0.1, -0.05) is 18.6 Å². The number of carbonyl (C=O) groups is 2. The molecule has 0 radical (unpaired) electrons. The number of amides is 2. The fraction of sp³-hybridized carbons (Fsp3) is 0.579. The molecule has 4 heteroatoms. The number of hydrogen-bond acceptors (Lipinski definition) is 2. The largest absolute Gasteiger partial charge is 0.338 e. The summed E-state index contributed by atoms with van der Waals surface area (Å²) in [5.41, 5.74) is 3.28. The van der Waals surface area contributed by atoms with Crippen molar-refractivity contribution in [1.82, 2.24) is 4.90 Å². The summed E-state index contributed by atoms with van der Waals surface area (Å²) in [4.78, 5) is 26.3. The molecule has 0 saturated heterocycles. The van der Waals surface area contributed by atoms with Crippen molar-refractivity contribution < 1.29 is 9.59 Å². The number of fused-ring (bicyclic) bond motifs is 3. The predicted octanol–water partition coefficient (Wildman–Crippen LogP) is 2.97. The molecule has 2 amide bonds. The molecule has 2 bridgehead atoms. The van der Waals surface area contributed by atoms with Crippen molar-refractivity contribution in [3.05, 3.63) is 29.3 Å². The van der Waals surface area contributed by atoms with Gasteiger partial charge in [-0.3, -0.25) is 9.59 Å². The van der Waals surface area contributed by atoms with Crippen LogP contribution in [0.4, 0.5) is 5.69 Å². The molecule has 2 saturated carbocycles. The second kappa shape index (κ2) is 5.66. The Morgan fingerprint density at radius 3 is 2.78 bits per heavy atom. The Bertz CT molecular complexity index is 655. The van der Waals surface area contributed by atoms with E-state index in [9.17, 15) is 9.59 Å². The second-order valence-corrected chi connectivity index (χ2v) is 7.42. The first kappa shape index (κ1) is 14.7. The Morgan fingerprint density at radius 1 is 1.22 bits per heavy atom. The normalized spacial score (nSPS) is 28.6. The maximum absolute atomic E-state index is 12.9. The lowest BCUT2D eigenvalue weighted by Gasteiger charge is -2.34. The van der Waals surface area contributed by atoms with E-state index in [4.69, 9.17) is 0 Å². The van der Waals surface area contributed by atoms with Gasteiger partial charge in [-0.05, 0) is 54.7 Å². The third kappa shape index (κ3) is 2.64. The maximum atomic E-state index is 12.9. The fourth-order valence-corrected chi connectivity index (χ4v) is 4.89. The molecule has 4 nitrogen and oxygen atoms in total. The van der Waals surface area contributed by atoms with Crippen LogP contribution in [0.1, 0.15) is 43.7 Å². The van der Waals surface area contributed by atoms with Gasteiger partial charge >= 0.3 is 0 Å². The van der Waals surface area contributed by atoms with Gasteiger partial charge in [0.25, 0.3) is 0 Å². The van der Waals surface area contributed by atoms with Crippen LogP contribution in [0.5, 0.6) is 0 Å². The Kier molecular flexibility index (Phi) is 3.63. The molecule has 4 rings (SSSR count). The van der Waals surface area contributed by atoms with Gasteiger partial charge in [0.1, 0.15) is 0 Å². The van der Waals surface area contributed by atoms with E-state index >= 15 is 0 Å². The first-order chi connectivity index (χ1) is 11.1. The molecule has 122 valence electrons. The first-order valence-electron chi connectivity index (χ1n) is 8.79. The molecule has 23 heavy (non-hydrogen) atoms. The van der Waals surface area contributed by atoms with E-state index in [1.165, 1.54) is 37.3 Å². The van der Waals surface area contributed by atoms with Gasteiger partial charge in [0.2, 0.25) is 11.8 Å². The Morgan fingerprint density at radius 2 is 2.09 bits per heavy atom. The van der Waals surface area contributed by atoms with E-state index in [1.807, 2.05) is 17.0 Å². The number of nitrogens with one attached hydrogen (secondary N) is 1. The quantitative estimate of drug-likeness (QED) is 0.913. The molecule has 1 aromatic carbocycles. The van der Waals surface area contributed by atoms with Gasteiger partial charge in [-0.15, -0.1) is 0 Å². The zero-order valence-electron chi connectivity index (χ0n) is 13.7. The molecule has 2 fully saturated rings. The number of benzene rings is 1. The Labute approximate surface area is 137 Å². The van der Waals surface area contributed by atoms with Crippen LogP contribution < -0.4 is 5.32 Å². The molecule has 0 unspecified atom stereocenters. The minimum Gasteiger partial charge on any atom is -0.338 e. The SMILES string of the molecule is CC(=O)Nc1cccc2c1CCN(C(=O)[C@@H]1C[C@H]3CC[C@H]1C3)C2. The summed E-state index contributed by atoms with van der Waals surface area (Å²) in [6.45, 7) is 3.00. The Balaban J connectivity index is 1.50. The smallest absolute Gasteiger partial charge is 0.226 e. The van der Waals surface area contributed by atoms with E-state index in [0.29, 0.717) is 18.4 Å². The second-order valence-electron chi connectivity index (χ2n) is 7.42. The van der Waals surface area contributed by atoms with Crippen molar-refractivity contribution in [3.8, 4) is 0 Å². The number of rotatable bonds is 2. The van der Waals surface area contributed by atoms with Crippen molar-refractivity contribution in [2.24, 2.45) is 17.8 Å². The molecule has 1 aromatic rings. The zero-order valence-corrected chi connectivity index (χ0v) is 13.7. The summed E-state index contributed by atoms with van der Waals surface area (Å²) in [5, 5.41) is 2.91. The lowest BCUT2D eigenvalue weighted by molar-refractivity contribution is -0.138. The molecule has 1 aliphatic heterocycles. The summed E-state index contributed by atoms with van der Waals surface area (Å²) >= 11 is 0. The van der Waals surface area contributed by atoms with Crippen LogP contribution in [0.15, 0.2) is 18.2 Å². The van der Waals surface area contributed by atoms with Crippen LogP contribution in [0.3, 0.4) is 0 Å². The molecule has 1 heterocycles. The molecule has 0 aromatic heterocycles. The monoisotopic (exact) mass is 312 g/mol. The molecule has 0 spiro atoms. The van der Waals surface area contributed by atoms with Gasteiger partial charge in [-0.25, -0.2) is 0 Å². The zero-order chi connectivity index (χ0) is 16.0. The highest BCUT2D eigenvalue weighted by Crippen LogP contribution is 2.49. The van der Waals surface area contributed by atoms with Gasteiger partial charge in [-0.2, -0.15) is 0 Å². The van der Waals surface area contributed by atoms with Crippen LogP contribution >= 0.6 is 0 Å². The Hall–Kier alpha value is -1.84. The van der Waals surface area contributed by atoms with Crippen LogP contribution in [-0.2, 0) is 22.6 Å². The van der Waals surface area contributed by atoms with E-state index in [1.54, 1.807) is 0 Å². The molecule has 3 aliphatic rings. The van der Waals surface area contributed by atoms with Gasteiger partial charge < -0.3 is 10.2 Å². The molecular formula is C19H24N2O2.